The normalized spacial score (nSPS) is 10.3. The molecule has 0 bridgehead atoms. The lowest BCUT2D eigenvalue weighted by Gasteiger charge is -2.08. The summed E-state index contributed by atoms with van der Waals surface area (Å²) in [5, 5.41) is 2.90. The molecule has 0 saturated heterocycles. The van der Waals surface area contributed by atoms with Crippen LogP contribution >= 0.6 is 0 Å². The first-order valence-corrected chi connectivity index (χ1v) is 6.15. The van der Waals surface area contributed by atoms with Gasteiger partial charge in [0.1, 0.15) is 9.52 Å². The minimum absolute atomic E-state index is 0.774. The fourth-order valence-electron chi connectivity index (χ4n) is 1.68. The minimum atomic E-state index is 0.774. The van der Waals surface area contributed by atoms with Crippen molar-refractivity contribution in [2.24, 2.45) is 0 Å². The van der Waals surface area contributed by atoms with Crippen LogP contribution in [-0.4, -0.2) is 9.52 Å². The quantitative estimate of drug-likeness (QED) is 0.665. The van der Waals surface area contributed by atoms with Gasteiger partial charge in [0, 0.05) is 0 Å². The van der Waals surface area contributed by atoms with E-state index in [-0.39, 0.29) is 0 Å². The Morgan fingerprint density at radius 3 is 1.93 bits per heavy atom. The van der Waals surface area contributed by atoms with E-state index >= 15 is 0 Å². The second kappa shape index (κ2) is 4.45. The van der Waals surface area contributed by atoms with Crippen molar-refractivity contribution in [2.45, 2.75) is 13.8 Å². The second-order valence-electron chi connectivity index (χ2n) is 3.76. The fraction of sp³-hybridized carbons (Fsp3) is 0.143. The molecule has 0 nitrogen and oxygen atoms in total. The molecule has 0 unspecified atom stereocenters. The Bertz CT molecular complexity index is 426. The van der Waals surface area contributed by atoms with Crippen LogP contribution in [0.2, 0.25) is 0 Å². The van der Waals surface area contributed by atoms with Crippen molar-refractivity contribution in [3.63, 3.8) is 0 Å². The number of aryl methyl sites for hydroxylation is 2. The van der Waals surface area contributed by atoms with Crippen LogP contribution in [0, 0.1) is 13.8 Å². The van der Waals surface area contributed by atoms with Crippen LogP contribution in [0.4, 0.5) is 0 Å². The third-order valence-electron chi connectivity index (χ3n) is 2.52. The maximum Gasteiger partial charge on any atom is 0.122 e. The Morgan fingerprint density at radius 1 is 0.733 bits per heavy atom. The van der Waals surface area contributed by atoms with Gasteiger partial charge in [0.2, 0.25) is 0 Å². The standard InChI is InChI=1S/C14H14Si/c1-11-7-6-8-12(2)14(11)15-13-9-4-3-5-10-13/h3-10H,1-2H3. The molecule has 0 aromatic heterocycles. The van der Waals surface area contributed by atoms with Gasteiger partial charge >= 0.3 is 0 Å². The topological polar surface area (TPSA) is 0 Å². The molecule has 0 N–H and O–H groups in total. The van der Waals surface area contributed by atoms with Gasteiger partial charge in [-0.25, -0.2) is 0 Å². The van der Waals surface area contributed by atoms with Gasteiger partial charge in [0.05, 0.1) is 0 Å². The first-order chi connectivity index (χ1) is 7.27. The van der Waals surface area contributed by atoms with Crippen molar-refractivity contribution >= 4 is 19.9 Å². The predicted molar refractivity (Wildman–Crippen MR) is 67.4 cm³/mol. The molecule has 0 heterocycles. The van der Waals surface area contributed by atoms with Crippen molar-refractivity contribution < 1.29 is 0 Å². The molecule has 0 spiro atoms. The summed E-state index contributed by atoms with van der Waals surface area (Å²) >= 11 is 0. The molecule has 0 aliphatic carbocycles. The monoisotopic (exact) mass is 210 g/mol. The van der Waals surface area contributed by atoms with Crippen molar-refractivity contribution in [2.75, 3.05) is 0 Å². The largest absolute Gasteiger partial charge is 0.122 e. The zero-order valence-corrected chi connectivity index (χ0v) is 10.1. The Kier molecular flexibility index (Phi) is 3.02. The number of hydrogen-bond acceptors (Lipinski definition) is 0. The first kappa shape index (κ1) is 10.2. The number of benzene rings is 2. The predicted octanol–water partition coefficient (Wildman–Crippen LogP) is 1.96. The number of hydrogen-bond donors (Lipinski definition) is 0. The summed E-state index contributed by atoms with van der Waals surface area (Å²) in [7, 11) is 0.774. The molecule has 0 fully saturated rings. The van der Waals surface area contributed by atoms with Gasteiger partial charge in [0.25, 0.3) is 0 Å². The van der Waals surface area contributed by atoms with E-state index in [4.69, 9.17) is 0 Å². The van der Waals surface area contributed by atoms with Crippen LogP contribution in [0.5, 0.6) is 0 Å². The highest BCUT2D eigenvalue weighted by molar-refractivity contribution is 6.68. The van der Waals surface area contributed by atoms with Crippen molar-refractivity contribution in [1.29, 1.82) is 0 Å². The van der Waals surface area contributed by atoms with Crippen LogP contribution in [-0.2, 0) is 0 Å². The first-order valence-electron chi connectivity index (χ1n) is 5.15. The van der Waals surface area contributed by atoms with Crippen molar-refractivity contribution in [3.8, 4) is 0 Å². The lowest BCUT2D eigenvalue weighted by molar-refractivity contribution is 1.43. The van der Waals surface area contributed by atoms with Gasteiger partial charge in [-0.1, -0.05) is 70.0 Å². The van der Waals surface area contributed by atoms with E-state index in [1.165, 1.54) is 21.5 Å². The van der Waals surface area contributed by atoms with Crippen LogP contribution in [0.15, 0.2) is 48.5 Å². The average Bonchev–Trinajstić information content (AvgIpc) is 2.25. The van der Waals surface area contributed by atoms with E-state index in [2.05, 4.69) is 62.4 Å². The molecule has 2 rings (SSSR count). The smallest absolute Gasteiger partial charge is 0.0631 e. The molecule has 0 aliphatic rings. The molecule has 1 heteroatoms. The van der Waals surface area contributed by atoms with E-state index in [0.717, 1.165) is 9.52 Å². The molecule has 2 radical (unpaired) electrons. The third kappa shape index (κ3) is 2.36. The average molecular weight is 210 g/mol. The Morgan fingerprint density at radius 2 is 1.33 bits per heavy atom. The summed E-state index contributed by atoms with van der Waals surface area (Å²) in [5.41, 5.74) is 2.80. The van der Waals surface area contributed by atoms with Gasteiger partial charge in [-0.3, -0.25) is 0 Å². The lowest BCUT2D eigenvalue weighted by Crippen LogP contribution is -2.30. The van der Waals surface area contributed by atoms with Gasteiger partial charge in [0.15, 0.2) is 0 Å². The highest BCUT2D eigenvalue weighted by Crippen LogP contribution is 1.98. The van der Waals surface area contributed by atoms with Crippen molar-refractivity contribution in [3.05, 3.63) is 59.7 Å². The lowest BCUT2D eigenvalue weighted by atomic mass is 10.2. The molecule has 2 aromatic carbocycles. The molecule has 0 aliphatic heterocycles. The summed E-state index contributed by atoms with van der Waals surface area (Å²) < 4.78 is 0. The Hall–Kier alpha value is -1.34. The minimum Gasteiger partial charge on any atom is -0.0631 e. The zero-order valence-electron chi connectivity index (χ0n) is 9.12. The summed E-state index contributed by atoms with van der Waals surface area (Å²) in [6.45, 7) is 4.39. The molecule has 0 atom stereocenters. The molecular weight excluding hydrogens is 196 g/mol. The fourth-order valence-corrected chi connectivity index (χ4v) is 2.89. The summed E-state index contributed by atoms with van der Waals surface area (Å²) in [6, 6.07) is 17.2. The molecule has 15 heavy (non-hydrogen) atoms. The second-order valence-corrected chi connectivity index (χ2v) is 5.09. The molecule has 2 aromatic rings. The molecule has 74 valence electrons. The van der Waals surface area contributed by atoms with Gasteiger partial charge in [-0.05, 0) is 13.8 Å². The van der Waals surface area contributed by atoms with Crippen molar-refractivity contribution in [1.82, 2.24) is 0 Å². The molecule has 0 amide bonds. The van der Waals surface area contributed by atoms with Crippen LogP contribution in [0.1, 0.15) is 11.1 Å². The zero-order chi connectivity index (χ0) is 10.7. The van der Waals surface area contributed by atoms with Gasteiger partial charge in [-0.2, -0.15) is 0 Å². The Balaban J connectivity index is 2.32. The highest BCUT2D eigenvalue weighted by atomic mass is 28.2. The van der Waals surface area contributed by atoms with Gasteiger partial charge < -0.3 is 0 Å². The van der Waals surface area contributed by atoms with Crippen LogP contribution in [0.3, 0.4) is 0 Å². The van der Waals surface area contributed by atoms with E-state index in [1.54, 1.807) is 0 Å². The summed E-state index contributed by atoms with van der Waals surface area (Å²) in [6.07, 6.45) is 0. The van der Waals surface area contributed by atoms with Crippen LogP contribution in [0.25, 0.3) is 0 Å². The van der Waals surface area contributed by atoms with E-state index in [1.807, 2.05) is 0 Å². The number of rotatable bonds is 2. The maximum absolute atomic E-state index is 2.20. The molecule has 0 saturated carbocycles. The van der Waals surface area contributed by atoms with Gasteiger partial charge in [-0.15, -0.1) is 0 Å². The van der Waals surface area contributed by atoms with Crippen LogP contribution < -0.4 is 10.4 Å². The van der Waals surface area contributed by atoms with E-state index in [0.29, 0.717) is 0 Å². The molecular formula is C14H14Si. The third-order valence-corrected chi connectivity index (χ3v) is 4.18. The summed E-state index contributed by atoms with van der Waals surface area (Å²) in [5.74, 6) is 0. The van der Waals surface area contributed by atoms with E-state index in [9.17, 15) is 0 Å². The summed E-state index contributed by atoms with van der Waals surface area (Å²) in [4.78, 5) is 0. The Labute approximate surface area is 93.8 Å². The van der Waals surface area contributed by atoms with E-state index < -0.39 is 0 Å². The maximum atomic E-state index is 2.20. The SMILES string of the molecule is Cc1cccc(C)c1[Si]c1ccccc1. The highest BCUT2D eigenvalue weighted by Gasteiger charge is 2.03.